The van der Waals surface area contributed by atoms with E-state index in [9.17, 15) is 0 Å². The van der Waals surface area contributed by atoms with Crippen LogP contribution < -0.4 is 5.32 Å². The molecule has 2 nitrogen and oxygen atoms in total. The predicted octanol–water partition coefficient (Wildman–Crippen LogP) is 7.96. The Morgan fingerprint density at radius 2 is 1.53 bits per heavy atom. The molecule has 0 aliphatic heterocycles. The van der Waals surface area contributed by atoms with Crippen molar-refractivity contribution in [3.63, 3.8) is 0 Å². The predicted molar refractivity (Wildman–Crippen MR) is 144 cm³/mol. The van der Waals surface area contributed by atoms with Crippen molar-refractivity contribution in [2.45, 2.75) is 119 Å². The molecule has 5 aliphatic rings. The maximum Gasteiger partial charge on any atom is 0.0521 e. The summed E-state index contributed by atoms with van der Waals surface area (Å²) in [7, 11) is 4.17. The summed E-state index contributed by atoms with van der Waals surface area (Å²) in [6, 6.07) is 0.677. The van der Waals surface area contributed by atoms with E-state index in [1.54, 1.807) is 0 Å². The smallest absolute Gasteiger partial charge is 0.0521 e. The highest BCUT2D eigenvalue weighted by molar-refractivity contribution is 5.19. The Morgan fingerprint density at radius 1 is 0.794 bits per heavy atom. The van der Waals surface area contributed by atoms with Crippen LogP contribution in [0.3, 0.4) is 0 Å². The highest BCUT2D eigenvalue weighted by atomic mass is 16.5. The summed E-state index contributed by atoms with van der Waals surface area (Å²) < 4.78 is 5.98. The Labute approximate surface area is 212 Å². The summed E-state index contributed by atoms with van der Waals surface area (Å²) in [5.74, 6) is 5.24. The van der Waals surface area contributed by atoms with E-state index >= 15 is 0 Å². The molecule has 1 N–H and O–H groups in total. The molecular weight excluding hydrogens is 414 g/mol. The molecule has 5 saturated carbocycles. The lowest BCUT2D eigenvalue weighted by Gasteiger charge is -2.73. The zero-order chi connectivity index (χ0) is 24.7. The van der Waals surface area contributed by atoms with Gasteiger partial charge in [0.15, 0.2) is 0 Å². The maximum atomic E-state index is 5.98. The van der Waals surface area contributed by atoms with Crippen molar-refractivity contribution in [2.75, 3.05) is 20.8 Å². The zero-order valence-corrected chi connectivity index (χ0v) is 24.2. The molecule has 4 unspecified atom stereocenters. The molecule has 5 rings (SSSR count). The van der Waals surface area contributed by atoms with Crippen molar-refractivity contribution >= 4 is 0 Å². The minimum absolute atomic E-state index is 0.398. The Hall–Kier alpha value is -0.0800. The van der Waals surface area contributed by atoms with Crippen molar-refractivity contribution in [1.29, 1.82) is 0 Å². The van der Waals surface area contributed by atoms with Crippen LogP contribution in [0.15, 0.2) is 0 Å². The SMILES string of the molecule is CN[C@H]1CC[C@@]2(C)C(CC[C@]3(C)C2CCC2C4[C@H](C(C)C)CC[C@]4(COC)CC[C@]23C)C1(C)C. The minimum atomic E-state index is 0.398. The van der Waals surface area contributed by atoms with E-state index in [0.29, 0.717) is 33.1 Å². The second-order valence-electron chi connectivity index (χ2n) is 15.6. The van der Waals surface area contributed by atoms with Crippen molar-refractivity contribution in [3.05, 3.63) is 0 Å². The van der Waals surface area contributed by atoms with Crippen LogP contribution in [0.1, 0.15) is 113 Å². The fourth-order valence-electron chi connectivity index (χ4n) is 12.6. The lowest BCUT2D eigenvalue weighted by molar-refractivity contribution is -0.243. The van der Waals surface area contributed by atoms with Gasteiger partial charge in [0, 0.05) is 13.2 Å². The third kappa shape index (κ3) is 3.12. The molecule has 5 fully saturated rings. The number of hydrogen-bond acceptors (Lipinski definition) is 2. The molecule has 5 aliphatic carbocycles. The first-order chi connectivity index (χ1) is 15.9. The number of ether oxygens (including phenoxy) is 1. The van der Waals surface area contributed by atoms with Crippen LogP contribution in [0.5, 0.6) is 0 Å². The van der Waals surface area contributed by atoms with Gasteiger partial charge in [-0.3, -0.25) is 0 Å². The van der Waals surface area contributed by atoms with Gasteiger partial charge in [0.25, 0.3) is 0 Å². The van der Waals surface area contributed by atoms with Crippen molar-refractivity contribution in [1.82, 2.24) is 5.32 Å². The highest BCUT2D eigenvalue weighted by Gasteiger charge is 2.70. The number of nitrogens with one attached hydrogen (secondary N) is 1. The fraction of sp³-hybridized carbons (Fsp3) is 1.00. The molecule has 196 valence electrons. The van der Waals surface area contributed by atoms with E-state index in [0.717, 1.165) is 42.1 Å². The van der Waals surface area contributed by atoms with Crippen LogP contribution in [0.4, 0.5) is 0 Å². The van der Waals surface area contributed by atoms with Crippen LogP contribution >= 0.6 is 0 Å². The van der Waals surface area contributed by atoms with Crippen molar-refractivity contribution < 1.29 is 4.74 Å². The van der Waals surface area contributed by atoms with E-state index in [4.69, 9.17) is 4.74 Å². The van der Waals surface area contributed by atoms with Gasteiger partial charge in [-0.2, -0.15) is 0 Å². The molecule has 0 aromatic carbocycles. The van der Waals surface area contributed by atoms with Crippen LogP contribution in [0.25, 0.3) is 0 Å². The van der Waals surface area contributed by atoms with Crippen LogP contribution in [0.2, 0.25) is 0 Å². The molecule has 0 radical (unpaired) electrons. The first kappa shape index (κ1) is 25.6. The lowest BCUT2D eigenvalue weighted by Crippen LogP contribution is -2.67. The summed E-state index contributed by atoms with van der Waals surface area (Å²) in [5, 5.41) is 3.72. The normalized spacial score (nSPS) is 54.2. The summed E-state index contributed by atoms with van der Waals surface area (Å²) in [4.78, 5) is 0. The summed E-state index contributed by atoms with van der Waals surface area (Å²) >= 11 is 0. The third-order valence-corrected chi connectivity index (χ3v) is 14.3. The number of rotatable bonds is 4. The standard InChI is InChI=1S/C32H57NO/c1-21(2)22-12-17-32(20-34-9)19-18-30(6)23(27(22)32)10-11-25-29(5)15-14-26(33-8)28(3,4)24(29)13-16-31(25,30)7/h21-27,33H,10-20H2,1-9H3/t22-,23?,24?,25?,26-,27?,29-,30+,31+,32+/m0/s1. The van der Waals surface area contributed by atoms with Gasteiger partial charge in [-0.15, -0.1) is 0 Å². The Kier molecular flexibility index (Phi) is 6.17. The second kappa shape index (κ2) is 8.21. The van der Waals surface area contributed by atoms with Gasteiger partial charge < -0.3 is 10.1 Å². The summed E-state index contributed by atoms with van der Waals surface area (Å²) in [5.41, 5.74) is 2.35. The van der Waals surface area contributed by atoms with E-state index in [2.05, 4.69) is 60.8 Å². The molecule has 2 heteroatoms. The monoisotopic (exact) mass is 471 g/mol. The molecule has 0 aromatic heterocycles. The molecule has 0 saturated heterocycles. The average Bonchev–Trinajstić information content (AvgIpc) is 3.14. The first-order valence-corrected chi connectivity index (χ1v) is 15.1. The maximum absolute atomic E-state index is 5.98. The van der Waals surface area contributed by atoms with E-state index < -0.39 is 0 Å². The molecule has 0 heterocycles. The third-order valence-electron chi connectivity index (χ3n) is 14.3. The molecule has 10 atom stereocenters. The molecule has 0 bridgehead atoms. The van der Waals surface area contributed by atoms with Gasteiger partial charge in [-0.1, -0.05) is 48.5 Å². The minimum Gasteiger partial charge on any atom is -0.384 e. The largest absolute Gasteiger partial charge is 0.384 e. The zero-order valence-electron chi connectivity index (χ0n) is 24.2. The number of fused-ring (bicyclic) bond motifs is 7. The summed E-state index contributed by atoms with van der Waals surface area (Å²) in [6.45, 7) is 19.6. The molecule has 34 heavy (non-hydrogen) atoms. The molecule has 0 aromatic rings. The van der Waals surface area contributed by atoms with Gasteiger partial charge in [-0.25, -0.2) is 0 Å². The topological polar surface area (TPSA) is 21.3 Å². The lowest BCUT2D eigenvalue weighted by atomic mass is 9.32. The van der Waals surface area contributed by atoms with Gasteiger partial charge in [-0.05, 0) is 134 Å². The molecular formula is C32H57NO. The van der Waals surface area contributed by atoms with Crippen molar-refractivity contribution in [2.24, 2.45) is 62.6 Å². The summed E-state index contributed by atoms with van der Waals surface area (Å²) in [6.07, 6.45) is 14.4. The van der Waals surface area contributed by atoms with E-state index in [-0.39, 0.29) is 0 Å². The van der Waals surface area contributed by atoms with E-state index in [1.165, 1.54) is 64.2 Å². The van der Waals surface area contributed by atoms with Gasteiger partial charge >= 0.3 is 0 Å². The number of hydrogen-bond donors (Lipinski definition) is 1. The quantitative estimate of drug-likeness (QED) is 0.449. The molecule has 0 spiro atoms. The van der Waals surface area contributed by atoms with Crippen LogP contribution in [-0.4, -0.2) is 26.8 Å². The fourth-order valence-corrected chi connectivity index (χ4v) is 12.6. The Bertz CT molecular complexity index is 775. The highest BCUT2D eigenvalue weighted by Crippen LogP contribution is 2.77. The average molecular weight is 472 g/mol. The Balaban J connectivity index is 1.52. The number of methoxy groups -OCH3 is 1. The van der Waals surface area contributed by atoms with Gasteiger partial charge in [0.1, 0.15) is 0 Å². The van der Waals surface area contributed by atoms with E-state index in [1.807, 2.05) is 7.11 Å². The van der Waals surface area contributed by atoms with Crippen molar-refractivity contribution in [3.8, 4) is 0 Å². The Morgan fingerprint density at radius 3 is 2.18 bits per heavy atom. The van der Waals surface area contributed by atoms with Gasteiger partial charge in [0.2, 0.25) is 0 Å². The first-order valence-electron chi connectivity index (χ1n) is 15.1. The van der Waals surface area contributed by atoms with Crippen LogP contribution in [-0.2, 0) is 4.74 Å². The molecule has 0 amide bonds. The second-order valence-corrected chi connectivity index (χ2v) is 15.6. The van der Waals surface area contributed by atoms with Gasteiger partial charge in [0.05, 0.1) is 6.61 Å². The van der Waals surface area contributed by atoms with Crippen LogP contribution in [0, 0.1) is 62.6 Å².